The number of hydrogen-bond acceptors (Lipinski definition) is 4. The van der Waals surface area contributed by atoms with Crippen LogP contribution in [-0.4, -0.2) is 45.1 Å². The molecule has 1 aliphatic rings. The minimum Gasteiger partial charge on any atom is -0.394 e. The average molecular weight is 192 g/mol. The van der Waals surface area contributed by atoms with Crippen molar-refractivity contribution in [2.45, 2.75) is 36.7 Å². The van der Waals surface area contributed by atoms with Gasteiger partial charge in [0.05, 0.1) is 18.8 Å². The van der Waals surface area contributed by atoms with Gasteiger partial charge in [0.2, 0.25) is 0 Å². The molecular weight excluding hydrogens is 176 g/mol. The van der Waals surface area contributed by atoms with Gasteiger partial charge in [0.25, 0.3) is 0 Å². The van der Waals surface area contributed by atoms with Crippen molar-refractivity contribution in [1.82, 2.24) is 0 Å². The fourth-order valence-electron chi connectivity index (χ4n) is 1.39. The van der Waals surface area contributed by atoms with Crippen LogP contribution in [0.15, 0.2) is 0 Å². The van der Waals surface area contributed by atoms with Crippen LogP contribution in [0.4, 0.5) is 0 Å². The quantitative estimate of drug-likeness (QED) is 0.586. The second-order valence-corrected chi connectivity index (χ2v) is 4.48. The lowest BCUT2D eigenvalue weighted by Crippen LogP contribution is -2.21. The van der Waals surface area contributed by atoms with E-state index in [9.17, 15) is 5.11 Å². The zero-order valence-electron chi connectivity index (χ0n) is 7.02. The van der Waals surface area contributed by atoms with Crippen molar-refractivity contribution in [1.29, 1.82) is 0 Å². The molecule has 1 unspecified atom stereocenters. The molecule has 0 amide bonds. The molecule has 0 saturated heterocycles. The summed E-state index contributed by atoms with van der Waals surface area (Å²) in [5, 5.41) is 27.3. The molecule has 0 radical (unpaired) electrons. The molecule has 3 nitrogen and oxygen atoms in total. The largest absolute Gasteiger partial charge is 0.394 e. The Labute approximate surface area is 76.8 Å². The summed E-state index contributed by atoms with van der Waals surface area (Å²) in [6.07, 6.45) is 2.15. The zero-order valence-corrected chi connectivity index (χ0v) is 7.83. The molecule has 0 aromatic heterocycles. The van der Waals surface area contributed by atoms with E-state index in [4.69, 9.17) is 10.2 Å². The lowest BCUT2D eigenvalue weighted by Gasteiger charge is -2.15. The molecule has 12 heavy (non-hydrogen) atoms. The molecule has 0 aliphatic heterocycles. The van der Waals surface area contributed by atoms with E-state index in [0.717, 1.165) is 19.3 Å². The predicted molar refractivity (Wildman–Crippen MR) is 49.2 cm³/mol. The molecule has 1 aliphatic carbocycles. The van der Waals surface area contributed by atoms with Crippen molar-refractivity contribution in [2.24, 2.45) is 0 Å². The zero-order chi connectivity index (χ0) is 8.97. The Hall–Kier alpha value is 0.230. The number of rotatable bonds is 4. The van der Waals surface area contributed by atoms with Crippen LogP contribution in [0.3, 0.4) is 0 Å². The van der Waals surface area contributed by atoms with Gasteiger partial charge >= 0.3 is 0 Å². The lowest BCUT2D eigenvalue weighted by atomic mass is 10.3. The number of hydrogen-bond donors (Lipinski definition) is 3. The third-order valence-corrected chi connectivity index (χ3v) is 3.69. The van der Waals surface area contributed by atoms with Crippen LogP contribution < -0.4 is 0 Å². The van der Waals surface area contributed by atoms with Crippen molar-refractivity contribution < 1.29 is 15.3 Å². The Bertz CT molecular complexity index is 131. The van der Waals surface area contributed by atoms with Gasteiger partial charge in [-0.25, -0.2) is 0 Å². The van der Waals surface area contributed by atoms with Crippen molar-refractivity contribution in [3.63, 3.8) is 0 Å². The van der Waals surface area contributed by atoms with E-state index >= 15 is 0 Å². The molecule has 1 fully saturated rings. The Morgan fingerprint density at radius 3 is 2.67 bits per heavy atom. The highest BCUT2D eigenvalue weighted by Crippen LogP contribution is 2.30. The fraction of sp³-hybridized carbons (Fsp3) is 1.00. The highest BCUT2D eigenvalue weighted by atomic mass is 32.2. The van der Waals surface area contributed by atoms with Gasteiger partial charge in [0.15, 0.2) is 0 Å². The SMILES string of the molecule is OCC(O)CS[C@H]1CCC[C@@H]1O. The monoisotopic (exact) mass is 192 g/mol. The number of aliphatic hydroxyl groups excluding tert-OH is 3. The second-order valence-electron chi connectivity index (χ2n) is 3.21. The minimum atomic E-state index is -0.636. The van der Waals surface area contributed by atoms with E-state index in [1.54, 1.807) is 11.8 Å². The molecule has 3 N–H and O–H groups in total. The summed E-state index contributed by atoms with van der Waals surface area (Å²) >= 11 is 1.56. The molecule has 3 atom stereocenters. The van der Waals surface area contributed by atoms with Gasteiger partial charge in [-0.15, -0.1) is 0 Å². The molecule has 0 bridgehead atoms. The van der Waals surface area contributed by atoms with E-state index in [0.29, 0.717) is 5.75 Å². The first-order chi connectivity index (χ1) is 5.74. The van der Waals surface area contributed by atoms with Gasteiger partial charge in [0.1, 0.15) is 0 Å². The maximum atomic E-state index is 9.41. The molecule has 0 spiro atoms. The van der Waals surface area contributed by atoms with Gasteiger partial charge in [-0.2, -0.15) is 11.8 Å². The van der Waals surface area contributed by atoms with Gasteiger partial charge < -0.3 is 15.3 Å². The topological polar surface area (TPSA) is 60.7 Å². The first-order valence-corrected chi connectivity index (χ1v) is 5.37. The van der Waals surface area contributed by atoms with Crippen LogP contribution in [0.2, 0.25) is 0 Å². The van der Waals surface area contributed by atoms with E-state index in [-0.39, 0.29) is 18.0 Å². The number of aliphatic hydroxyl groups is 3. The third kappa shape index (κ3) is 2.94. The lowest BCUT2D eigenvalue weighted by molar-refractivity contribution is 0.113. The summed E-state index contributed by atoms with van der Waals surface area (Å²) in [4.78, 5) is 0. The van der Waals surface area contributed by atoms with Gasteiger partial charge in [0, 0.05) is 11.0 Å². The highest BCUT2D eigenvalue weighted by Gasteiger charge is 2.25. The predicted octanol–water partition coefficient (Wildman–Crippen LogP) is -0.0138. The molecule has 1 saturated carbocycles. The molecule has 4 heteroatoms. The average Bonchev–Trinajstić information content (AvgIpc) is 2.47. The van der Waals surface area contributed by atoms with Gasteiger partial charge in [-0.1, -0.05) is 0 Å². The first kappa shape index (κ1) is 10.3. The Morgan fingerprint density at radius 2 is 2.17 bits per heavy atom. The van der Waals surface area contributed by atoms with Crippen LogP contribution in [0, 0.1) is 0 Å². The van der Waals surface area contributed by atoms with Crippen LogP contribution >= 0.6 is 11.8 Å². The van der Waals surface area contributed by atoms with Crippen molar-refractivity contribution in [3.05, 3.63) is 0 Å². The first-order valence-electron chi connectivity index (χ1n) is 4.32. The molecular formula is C8H16O3S. The summed E-state index contributed by atoms with van der Waals surface area (Å²) in [7, 11) is 0. The summed E-state index contributed by atoms with van der Waals surface area (Å²) in [5.74, 6) is 0.526. The van der Waals surface area contributed by atoms with E-state index < -0.39 is 6.10 Å². The molecule has 0 aromatic carbocycles. The maximum Gasteiger partial charge on any atom is 0.0861 e. The van der Waals surface area contributed by atoms with E-state index in [2.05, 4.69) is 0 Å². The van der Waals surface area contributed by atoms with Crippen molar-refractivity contribution in [2.75, 3.05) is 12.4 Å². The highest BCUT2D eigenvalue weighted by molar-refractivity contribution is 8.00. The summed E-state index contributed by atoms with van der Waals surface area (Å²) < 4.78 is 0. The number of thioether (sulfide) groups is 1. The molecule has 0 aromatic rings. The summed E-state index contributed by atoms with van der Waals surface area (Å²) in [6, 6.07) is 0. The third-order valence-electron chi connectivity index (χ3n) is 2.13. The smallest absolute Gasteiger partial charge is 0.0861 e. The van der Waals surface area contributed by atoms with Gasteiger partial charge in [-0.05, 0) is 19.3 Å². The summed E-state index contributed by atoms with van der Waals surface area (Å²) in [6.45, 7) is -0.185. The normalized spacial score (nSPS) is 32.2. The molecule has 1 rings (SSSR count). The van der Waals surface area contributed by atoms with Crippen LogP contribution in [0.5, 0.6) is 0 Å². The fourth-order valence-corrected chi connectivity index (χ4v) is 2.65. The minimum absolute atomic E-state index is 0.185. The van der Waals surface area contributed by atoms with Crippen LogP contribution in [0.1, 0.15) is 19.3 Å². The van der Waals surface area contributed by atoms with Crippen molar-refractivity contribution >= 4 is 11.8 Å². The Kier molecular flexibility index (Phi) is 4.35. The van der Waals surface area contributed by atoms with E-state index in [1.807, 2.05) is 0 Å². The van der Waals surface area contributed by atoms with Crippen molar-refractivity contribution in [3.8, 4) is 0 Å². The molecule has 0 heterocycles. The maximum absolute atomic E-state index is 9.41. The van der Waals surface area contributed by atoms with E-state index in [1.165, 1.54) is 0 Å². The molecule has 72 valence electrons. The van der Waals surface area contributed by atoms with Crippen LogP contribution in [-0.2, 0) is 0 Å². The Morgan fingerprint density at radius 1 is 1.42 bits per heavy atom. The van der Waals surface area contributed by atoms with Crippen LogP contribution in [0.25, 0.3) is 0 Å². The van der Waals surface area contributed by atoms with Gasteiger partial charge in [-0.3, -0.25) is 0 Å². The Balaban J connectivity index is 2.13. The second kappa shape index (κ2) is 5.07. The summed E-state index contributed by atoms with van der Waals surface area (Å²) in [5.41, 5.74) is 0. The standard InChI is InChI=1S/C8H16O3S/c9-4-6(10)5-12-8-3-1-2-7(8)11/h6-11H,1-5H2/t6?,7-,8-/m0/s1.